The first-order valence-corrected chi connectivity index (χ1v) is 10.9. The number of aryl methyl sites for hydroxylation is 1. The second-order valence-corrected chi connectivity index (χ2v) is 6.98. The topological polar surface area (TPSA) is 26.3 Å². The fraction of sp³-hybridized carbons (Fsp3) is 0.654. The normalized spacial score (nSPS) is 10.9. The van der Waals surface area contributed by atoms with Crippen molar-refractivity contribution in [2.24, 2.45) is 11.8 Å². The molecule has 0 bridgehead atoms. The Morgan fingerprint density at radius 3 is 1.76 bits per heavy atom. The maximum atomic E-state index is 13.8. The first-order chi connectivity index (χ1) is 13.8. The van der Waals surface area contributed by atoms with Gasteiger partial charge in [0, 0.05) is 0 Å². The average molecular weight is 411 g/mol. The Hall–Kier alpha value is -1.82. The summed E-state index contributed by atoms with van der Waals surface area (Å²) in [6.45, 7) is 23.5. The predicted molar refractivity (Wildman–Crippen MR) is 128 cm³/mol. The minimum atomic E-state index is -0.216. The van der Waals surface area contributed by atoms with Gasteiger partial charge >= 0.3 is 0 Å². The third-order valence-electron chi connectivity index (χ3n) is 3.37. The van der Waals surface area contributed by atoms with Crippen LogP contribution >= 0.6 is 0 Å². The highest BCUT2D eigenvalue weighted by atomic mass is 19.1. The molecule has 170 valence electrons. The zero-order valence-electron chi connectivity index (χ0n) is 20.8. The summed E-state index contributed by atoms with van der Waals surface area (Å²) in [6.07, 6.45) is 11.3. The lowest BCUT2D eigenvalue weighted by molar-refractivity contribution is -0.0979. The summed E-state index contributed by atoms with van der Waals surface area (Å²) >= 11 is 0. The van der Waals surface area contributed by atoms with Gasteiger partial charge in [-0.3, -0.25) is 0 Å². The molecular weight excluding hydrogens is 363 g/mol. The van der Waals surface area contributed by atoms with Crippen molar-refractivity contribution in [3.63, 3.8) is 0 Å². The number of carbonyl (C=O) groups excluding carboxylic acids is 1. The Kier molecular flexibility index (Phi) is 29.0. The van der Waals surface area contributed by atoms with E-state index in [1.54, 1.807) is 6.07 Å². The molecule has 0 amide bonds. The largest absolute Gasteiger partial charge is 0.490 e. The number of carbonyl (C=O) groups is 1. The third kappa shape index (κ3) is 19.3. The monoisotopic (exact) mass is 410 g/mol. The minimum Gasteiger partial charge on any atom is -0.490 e. The van der Waals surface area contributed by atoms with Gasteiger partial charge < -0.3 is 9.53 Å². The lowest BCUT2D eigenvalue weighted by Crippen LogP contribution is -2.04. The van der Waals surface area contributed by atoms with Crippen LogP contribution in [0.3, 0.4) is 0 Å². The van der Waals surface area contributed by atoms with Crippen molar-refractivity contribution in [1.29, 1.82) is 0 Å². The summed E-state index contributed by atoms with van der Waals surface area (Å²) in [5.74, 6) is 2.11. The van der Waals surface area contributed by atoms with E-state index in [-0.39, 0.29) is 5.82 Å². The van der Waals surface area contributed by atoms with Crippen LogP contribution in [0.2, 0.25) is 0 Å². The van der Waals surface area contributed by atoms with Gasteiger partial charge in [0.25, 0.3) is 0 Å². The van der Waals surface area contributed by atoms with Crippen LogP contribution in [0, 0.1) is 30.5 Å². The first kappa shape index (κ1) is 34.7. The molecule has 2 rings (SSSR count). The summed E-state index contributed by atoms with van der Waals surface area (Å²) in [5, 5.41) is 0. The van der Waals surface area contributed by atoms with Gasteiger partial charge in [-0.15, -0.1) is 12.8 Å². The fourth-order valence-electron chi connectivity index (χ4n) is 2.06. The highest BCUT2D eigenvalue weighted by molar-refractivity contribution is 5.39. The molecule has 0 unspecified atom stereocenters. The van der Waals surface area contributed by atoms with E-state index in [1.165, 1.54) is 18.4 Å². The quantitative estimate of drug-likeness (QED) is 0.459. The molecule has 1 aliphatic carbocycles. The molecule has 1 aromatic carbocycles. The van der Waals surface area contributed by atoms with E-state index in [0.29, 0.717) is 24.2 Å². The molecule has 0 aliphatic heterocycles. The molecule has 29 heavy (non-hydrogen) atoms. The van der Waals surface area contributed by atoms with Gasteiger partial charge in [0.2, 0.25) is 0 Å². The SMILES string of the molecule is C#C.C=O.CC.CC.CC(C)C.CCc1cc(F)c(OCC2CC2)cc1C(C)C. The highest BCUT2D eigenvalue weighted by Crippen LogP contribution is 2.32. The van der Waals surface area contributed by atoms with Crippen LogP contribution in [0.4, 0.5) is 4.39 Å². The van der Waals surface area contributed by atoms with Crippen molar-refractivity contribution in [1.82, 2.24) is 0 Å². The Morgan fingerprint density at radius 2 is 1.45 bits per heavy atom. The van der Waals surface area contributed by atoms with Crippen LogP contribution < -0.4 is 4.74 Å². The highest BCUT2D eigenvalue weighted by Gasteiger charge is 2.23. The van der Waals surface area contributed by atoms with Gasteiger partial charge in [0.05, 0.1) is 6.61 Å². The molecule has 0 atom stereocenters. The van der Waals surface area contributed by atoms with E-state index < -0.39 is 0 Å². The number of rotatable bonds is 5. The number of hydrogen-bond donors (Lipinski definition) is 0. The molecule has 0 N–H and O–H groups in total. The zero-order chi connectivity index (χ0) is 24.0. The summed E-state index contributed by atoms with van der Waals surface area (Å²) in [7, 11) is 0. The second-order valence-electron chi connectivity index (χ2n) is 6.98. The van der Waals surface area contributed by atoms with Gasteiger partial charge in [-0.2, -0.15) is 0 Å². The summed E-state index contributed by atoms with van der Waals surface area (Å²) in [6, 6.07) is 3.53. The molecular formula is C26H47FO2. The smallest absolute Gasteiger partial charge is 0.165 e. The van der Waals surface area contributed by atoms with Crippen molar-refractivity contribution >= 4 is 6.79 Å². The Bertz CT molecular complexity index is 486. The molecule has 1 aliphatic rings. The molecule has 1 aromatic rings. The number of hydrogen-bond acceptors (Lipinski definition) is 2. The molecule has 1 fully saturated rings. The number of benzene rings is 1. The van der Waals surface area contributed by atoms with E-state index in [1.807, 2.05) is 40.6 Å². The molecule has 2 nitrogen and oxygen atoms in total. The molecule has 3 heteroatoms. The van der Waals surface area contributed by atoms with E-state index in [0.717, 1.165) is 17.9 Å². The number of ether oxygens (including phenoxy) is 1. The summed E-state index contributed by atoms with van der Waals surface area (Å²) in [4.78, 5) is 8.00. The van der Waals surface area contributed by atoms with Crippen molar-refractivity contribution in [2.45, 2.75) is 94.4 Å². The molecule has 0 spiro atoms. The Labute approximate surface area is 181 Å². The van der Waals surface area contributed by atoms with E-state index in [9.17, 15) is 4.39 Å². The van der Waals surface area contributed by atoms with Gasteiger partial charge in [-0.05, 0) is 60.3 Å². The van der Waals surface area contributed by atoms with Crippen LogP contribution in [0.15, 0.2) is 12.1 Å². The Morgan fingerprint density at radius 1 is 1.03 bits per heavy atom. The van der Waals surface area contributed by atoms with Crippen molar-refractivity contribution < 1.29 is 13.9 Å². The third-order valence-corrected chi connectivity index (χ3v) is 3.37. The van der Waals surface area contributed by atoms with E-state index in [2.05, 4.69) is 54.4 Å². The minimum absolute atomic E-state index is 0.216. The van der Waals surface area contributed by atoms with E-state index >= 15 is 0 Å². The lowest BCUT2D eigenvalue weighted by atomic mass is 9.95. The lowest BCUT2D eigenvalue weighted by Gasteiger charge is -2.15. The van der Waals surface area contributed by atoms with Crippen LogP contribution in [-0.4, -0.2) is 13.4 Å². The van der Waals surface area contributed by atoms with Gasteiger partial charge in [-0.1, -0.05) is 69.2 Å². The zero-order valence-corrected chi connectivity index (χ0v) is 20.8. The first-order valence-electron chi connectivity index (χ1n) is 10.9. The average Bonchev–Trinajstić information content (AvgIpc) is 3.56. The van der Waals surface area contributed by atoms with Crippen LogP contribution in [-0.2, 0) is 11.2 Å². The molecule has 0 aromatic heterocycles. The van der Waals surface area contributed by atoms with Crippen LogP contribution in [0.5, 0.6) is 5.75 Å². The number of terminal acetylenes is 1. The van der Waals surface area contributed by atoms with Gasteiger partial charge in [-0.25, -0.2) is 4.39 Å². The van der Waals surface area contributed by atoms with Crippen LogP contribution in [0.25, 0.3) is 0 Å². The van der Waals surface area contributed by atoms with Crippen molar-refractivity contribution in [3.05, 3.63) is 29.1 Å². The van der Waals surface area contributed by atoms with Crippen LogP contribution in [0.1, 0.15) is 99.1 Å². The fourth-order valence-corrected chi connectivity index (χ4v) is 2.06. The molecule has 0 heterocycles. The maximum absolute atomic E-state index is 13.8. The summed E-state index contributed by atoms with van der Waals surface area (Å²) in [5.41, 5.74) is 2.30. The van der Waals surface area contributed by atoms with Crippen molar-refractivity contribution in [2.75, 3.05) is 6.61 Å². The second kappa shape index (κ2) is 24.2. The van der Waals surface area contributed by atoms with Crippen molar-refractivity contribution in [3.8, 4) is 18.6 Å². The van der Waals surface area contributed by atoms with Gasteiger partial charge in [0.15, 0.2) is 11.6 Å². The molecule has 1 saturated carbocycles. The van der Waals surface area contributed by atoms with E-state index in [4.69, 9.17) is 9.53 Å². The summed E-state index contributed by atoms with van der Waals surface area (Å²) < 4.78 is 19.4. The standard InChI is InChI=1S/C15H21FO.C4H10.2C2H6.C2H2.CH2O/c1-4-12-7-14(16)15(8-13(12)10(2)3)17-9-11-5-6-11;1-4(2)3;4*1-2/h7-8,10-11H,4-6,9H2,1-3H3;4H,1-3H3;2*1-2H3;1-2H;1H2. The maximum Gasteiger partial charge on any atom is 0.165 e. The Balaban J connectivity index is -0.000000221. The van der Waals surface area contributed by atoms with Gasteiger partial charge in [0.1, 0.15) is 6.79 Å². The molecule has 0 radical (unpaired) electrons. The molecule has 0 saturated heterocycles. The number of halogens is 1. The predicted octanol–water partition coefficient (Wildman–Crippen LogP) is 8.08.